The Morgan fingerprint density at radius 1 is 1.28 bits per heavy atom. The van der Waals surface area contributed by atoms with E-state index in [0.29, 0.717) is 21.6 Å². The Morgan fingerprint density at radius 3 is 2.56 bits per heavy atom. The maximum atomic E-state index is 13.1. The fourth-order valence-corrected chi connectivity index (χ4v) is 5.25. The number of sulfone groups is 1. The van der Waals surface area contributed by atoms with E-state index in [1.807, 2.05) is 6.07 Å². The number of nitrogen functional groups attached to an aromatic ring is 1. The molecular formula is C16H15ClN4O2S2. The molecule has 9 heteroatoms. The van der Waals surface area contributed by atoms with Gasteiger partial charge in [-0.15, -0.1) is 11.8 Å². The number of hydrogen-bond donors (Lipinski definition) is 1. The van der Waals surface area contributed by atoms with Gasteiger partial charge in [0.2, 0.25) is 9.84 Å². The van der Waals surface area contributed by atoms with Gasteiger partial charge in [0.1, 0.15) is 15.7 Å². The third-order valence-corrected chi connectivity index (χ3v) is 7.06. The van der Waals surface area contributed by atoms with E-state index in [2.05, 4.69) is 10.1 Å². The van der Waals surface area contributed by atoms with Crippen LogP contribution in [0, 0.1) is 0 Å². The van der Waals surface area contributed by atoms with Gasteiger partial charge in [-0.25, -0.2) is 13.4 Å². The van der Waals surface area contributed by atoms with E-state index in [9.17, 15) is 8.42 Å². The molecule has 0 spiro atoms. The molecule has 130 valence electrons. The Bertz CT molecular complexity index is 1070. The van der Waals surface area contributed by atoms with Crippen LogP contribution in [0.5, 0.6) is 0 Å². The summed E-state index contributed by atoms with van der Waals surface area (Å²) >= 11 is 7.11. The number of nitrogens with zero attached hydrogens (tertiary/aromatic N) is 3. The lowest BCUT2D eigenvalue weighted by Crippen LogP contribution is -2.13. The zero-order chi connectivity index (χ0) is 17.8. The second-order valence-electron chi connectivity index (χ2n) is 5.91. The average Bonchev–Trinajstić information content (AvgIpc) is 3.34. The van der Waals surface area contributed by atoms with Gasteiger partial charge < -0.3 is 5.73 Å². The van der Waals surface area contributed by atoms with Crippen LogP contribution in [0.4, 0.5) is 5.82 Å². The van der Waals surface area contributed by atoms with E-state index in [0.717, 1.165) is 18.5 Å². The van der Waals surface area contributed by atoms with E-state index in [4.69, 9.17) is 17.3 Å². The van der Waals surface area contributed by atoms with Crippen molar-refractivity contribution in [2.75, 3.05) is 12.0 Å². The first kappa shape index (κ1) is 16.7. The SMILES string of the molecule is CSc1nc2cc(C3CC3)nn2c(N)c1S(=O)(=O)c1ccc(Cl)cc1. The van der Waals surface area contributed by atoms with Gasteiger partial charge in [0.05, 0.1) is 10.6 Å². The number of halogens is 1. The highest BCUT2D eigenvalue weighted by atomic mass is 35.5. The highest BCUT2D eigenvalue weighted by Gasteiger charge is 2.31. The first-order valence-electron chi connectivity index (χ1n) is 7.65. The van der Waals surface area contributed by atoms with Crippen molar-refractivity contribution < 1.29 is 8.42 Å². The van der Waals surface area contributed by atoms with E-state index >= 15 is 0 Å². The van der Waals surface area contributed by atoms with Crippen LogP contribution in [0.2, 0.25) is 5.02 Å². The molecule has 1 fully saturated rings. The second-order valence-corrected chi connectivity index (χ2v) is 9.02. The van der Waals surface area contributed by atoms with Gasteiger partial charge in [-0.05, 0) is 43.4 Å². The van der Waals surface area contributed by atoms with Crippen molar-refractivity contribution in [1.82, 2.24) is 14.6 Å². The molecule has 0 radical (unpaired) electrons. The number of thioether (sulfide) groups is 1. The number of anilines is 1. The van der Waals surface area contributed by atoms with Crippen LogP contribution in [0.15, 0.2) is 45.1 Å². The number of rotatable bonds is 4. The van der Waals surface area contributed by atoms with E-state index in [-0.39, 0.29) is 15.6 Å². The predicted octanol–water partition coefficient (Wildman–Crippen LogP) is 3.40. The summed E-state index contributed by atoms with van der Waals surface area (Å²) < 4.78 is 27.7. The quantitative estimate of drug-likeness (QED) is 0.538. The molecule has 2 heterocycles. The molecule has 0 atom stereocenters. The van der Waals surface area contributed by atoms with Crippen molar-refractivity contribution in [3.8, 4) is 0 Å². The maximum absolute atomic E-state index is 13.1. The summed E-state index contributed by atoms with van der Waals surface area (Å²) in [7, 11) is -3.84. The van der Waals surface area contributed by atoms with Crippen molar-refractivity contribution in [3.05, 3.63) is 41.0 Å². The van der Waals surface area contributed by atoms with Gasteiger partial charge in [0.15, 0.2) is 5.65 Å². The van der Waals surface area contributed by atoms with Crippen molar-refractivity contribution in [2.24, 2.45) is 0 Å². The van der Waals surface area contributed by atoms with E-state index in [1.165, 1.54) is 40.5 Å². The van der Waals surface area contributed by atoms with Gasteiger partial charge in [0.25, 0.3) is 0 Å². The Morgan fingerprint density at radius 2 is 1.96 bits per heavy atom. The predicted molar refractivity (Wildman–Crippen MR) is 98.1 cm³/mol. The summed E-state index contributed by atoms with van der Waals surface area (Å²) in [5, 5.41) is 5.29. The molecule has 0 aliphatic heterocycles. The Labute approximate surface area is 154 Å². The van der Waals surface area contributed by atoms with Crippen LogP contribution in [0.1, 0.15) is 24.5 Å². The Kier molecular flexibility index (Phi) is 3.93. The van der Waals surface area contributed by atoms with Gasteiger partial charge in [0, 0.05) is 17.0 Å². The van der Waals surface area contributed by atoms with E-state index in [1.54, 1.807) is 6.26 Å². The van der Waals surface area contributed by atoms with Gasteiger partial charge in [-0.1, -0.05) is 11.6 Å². The number of benzene rings is 1. The minimum atomic E-state index is -3.84. The summed E-state index contributed by atoms with van der Waals surface area (Å²) in [6, 6.07) is 7.88. The molecule has 0 amide bonds. The minimum absolute atomic E-state index is 0.0136. The molecule has 0 unspecified atom stereocenters. The molecule has 6 nitrogen and oxygen atoms in total. The van der Waals surface area contributed by atoms with Crippen LogP contribution in [-0.4, -0.2) is 29.3 Å². The molecular weight excluding hydrogens is 380 g/mol. The minimum Gasteiger partial charge on any atom is -0.382 e. The van der Waals surface area contributed by atoms with Crippen LogP contribution >= 0.6 is 23.4 Å². The smallest absolute Gasteiger partial charge is 0.212 e. The highest BCUT2D eigenvalue weighted by Crippen LogP contribution is 2.40. The third kappa shape index (κ3) is 2.78. The molecule has 2 aromatic heterocycles. The van der Waals surface area contributed by atoms with Crippen LogP contribution in [-0.2, 0) is 9.84 Å². The van der Waals surface area contributed by atoms with Gasteiger partial charge >= 0.3 is 0 Å². The van der Waals surface area contributed by atoms with Crippen molar-refractivity contribution in [3.63, 3.8) is 0 Å². The zero-order valence-corrected chi connectivity index (χ0v) is 15.7. The number of aromatic nitrogens is 3. The maximum Gasteiger partial charge on any atom is 0.212 e. The molecule has 1 aliphatic rings. The first-order valence-corrected chi connectivity index (χ1v) is 10.7. The molecule has 1 aliphatic carbocycles. The highest BCUT2D eigenvalue weighted by molar-refractivity contribution is 7.99. The monoisotopic (exact) mass is 394 g/mol. The number of hydrogen-bond acceptors (Lipinski definition) is 6. The van der Waals surface area contributed by atoms with Crippen molar-refractivity contribution in [2.45, 2.75) is 33.6 Å². The molecule has 25 heavy (non-hydrogen) atoms. The lowest BCUT2D eigenvalue weighted by Gasteiger charge is -2.12. The molecule has 2 N–H and O–H groups in total. The van der Waals surface area contributed by atoms with Gasteiger partial charge in [-0.3, -0.25) is 0 Å². The van der Waals surface area contributed by atoms with Gasteiger partial charge in [-0.2, -0.15) is 9.61 Å². The second kappa shape index (κ2) is 5.89. The summed E-state index contributed by atoms with van der Waals surface area (Å²) in [4.78, 5) is 4.58. The summed E-state index contributed by atoms with van der Waals surface area (Å²) in [5.74, 6) is 0.506. The molecule has 3 aromatic rings. The summed E-state index contributed by atoms with van der Waals surface area (Å²) in [6.07, 6.45) is 3.96. The number of fused-ring (bicyclic) bond motifs is 1. The Balaban J connectivity index is 1.96. The molecule has 0 bridgehead atoms. The zero-order valence-electron chi connectivity index (χ0n) is 13.3. The molecule has 4 rings (SSSR count). The fourth-order valence-electron chi connectivity index (χ4n) is 2.71. The Hall–Kier alpha value is -1.77. The van der Waals surface area contributed by atoms with Crippen molar-refractivity contribution in [1.29, 1.82) is 0 Å². The van der Waals surface area contributed by atoms with E-state index < -0.39 is 9.84 Å². The van der Waals surface area contributed by atoms with Crippen molar-refractivity contribution >= 4 is 44.7 Å². The fraction of sp³-hybridized carbons (Fsp3) is 0.250. The number of nitrogens with two attached hydrogens (primary N) is 1. The van der Waals surface area contributed by atoms with Crippen LogP contribution < -0.4 is 5.73 Å². The summed E-state index contributed by atoms with van der Waals surface area (Å²) in [5.41, 5.74) is 7.70. The largest absolute Gasteiger partial charge is 0.382 e. The molecule has 1 saturated carbocycles. The average molecular weight is 395 g/mol. The third-order valence-electron chi connectivity index (χ3n) is 4.16. The molecule has 1 aromatic carbocycles. The standard InChI is InChI=1S/C16H15ClN4O2S2/c1-24-16-14(25(22,23)11-6-4-10(17)5-7-11)15(18)21-13(19-16)8-12(20-21)9-2-3-9/h4-9H,2-3,18H2,1H3. The summed E-state index contributed by atoms with van der Waals surface area (Å²) in [6.45, 7) is 0. The topological polar surface area (TPSA) is 90.3 Å². The first-order chi connectivity index (χ1) is 11.9. The molecule has 0 saturated heterocycles. The normalized spacial score (nSPS) is 15.0. The lowest BCUT2D eigenvalue weighted by molar-refractivity contribution is 0.592. The lowest BCUT2D eigenvalue weighted by atomic mass is 10.3. The van der Waals surface area contributed by atoms with Crippen LogP contribution in [0.3, 0.4) is 0 Å². The van der Waals surface area contributed by atoms with Crippen LogP contribution in [0.25, 0.3) is 5.65 Å².